The number of carbonyl (C=O) groups is 1. The maximum atomic E-state index is 12.4. The number of halogens is 3. The molecule has 1 amide bonds. The summed E-state index contributed by atoms with van der Waals surface area (Å²) in [4.78, 5) is 22.1. The van der Waals surface area contributed by atoms with Gasteiger partial charge < -0.3 is 9.47 Å². The summed E-state index contributed by atoms with van der Waals surface area (Å²) in [5.41, 5.74) is 2.32. The summed E-state index contributed by atoms with van der Waals surface area (Å²) in [7, 11) is 1.25. The van der Waals surface area contributed by atoms with Gasteiger partial charge in [-0.05, 0) is 23.8 Å². The lowest BCUT2D eigenvalue weighted by molar-refractivity contribution is -0.384. The zero-order valence-electron chi connectivity index (χ0n) is 13.7. The van der Waals surface area contributed by atoms with Gasteiger partial charge in [0.25, 0.3) is 11.6 Å². The number of hydrazone groups is 1. The van der Waals surface area contributed by atoms with Crippen molar-refractivity contribution >= 4 is 29.4 Å². The van der Waals surface area contributed by atoms with Crippen LogP contribution in [0.5, 0.6) is 11.5 Å². The highest BCUT2D eigenvalue weighted by Gasteiger charge is 2.16. The van der Waals surface area contributed by atoms with E-state index in [4.69, 9.17) is 16.3 Å². The Labute approximate surface area is 156 Å². The van der Waals surface area contributed by atoms with E-state index in [9.17, 15) is 23.7 Å². The number of carbonyl (C=O) groups excluding carboxylic acids is 1. The zero-order chi connectivity index (χ0) is 20.0. The molecule has 142 valence electrons. The van der Waals surface area contributed by atoms with Crippen molar-refractivity contribution in [1.82, 2.24) is 5.43 Å². The SMILES string of the molecule is COc1cc(/C=N\NC(=O)c2cccc([N+](=O)[O-])c2)cc(Cl)c1OC(F)F. The summed E-state index contributed by atoms with van der Waals surface area (Å²) in [6.07, 6.45) is 1.19. The molecule has 0 spiro atoms. The average Bonchev–Trinajstić information content (AvgIpc) is 2.63. The Morgan fingerprint density at radius 2 is 2.11 bits per heavy atom. The number of non-ortho nitro benzene ring substituents is 1. The minimum atomic E-state index is -3.08. The van der Waals surface area contributed by atoms with Crippen LogP contribution in [0, 0.1) is 10.1 Å². The summed E-state index contributed by atoms with van der Waals surface area (Å²) in [6.45, 7) is -3.08. The van der Waals surface area contributed by atoms with E-state index in [0.717, 1.165) is 6.07 Å². The summed E-state index contributed by atoms with van der Waals surface area (Å²) in [6, 6.07) is 7.70. The van der Waals surface area contributed by atoms with Crippen LogP contribution in [0.4, 0.5) is 14.5 Å². The van der Waals surface area contributed by atoms with Crippen LogP contribution < -0.4 is 14.9 Å². The van der Waals surface area contributed by atoms with Crippen LogP contribution in [0.1, 0.15) is 15.9 Å². The Morgan fingerprint density at radius 3 is 2.74 bits per heavy atom. The van der Waals surface area contributed by atoms with E-state index in [2.05, 4.69) is 15.3 Å². The number of ether oxygens (including phenoxy) is 2. The van der Waals surface area contributed by atoms with Gasteiger partial charge in [0.15, 0.2) is 11.5 Å². The molecule has 8 nitrogen and oxygen atoms in total. The van der Waals surface area contributed by atoms with Gasteiger partial charge in [-0.2, -0.15) is 13.9 Å². The minimum Gasteiger partial charge on any atom is -0.493 e. The molecule has 11 heteroatoms. The van der Waals surface area contributed by atoms with Crippen LogP contribution in [0.3, 0.4) is 0 Å². The normalized spacial score (nSPS) is 10.9. The Bertz CT molecular complexity index is 892. The van der Waals surface area contributed by atoms with Gasteiger partial charge in [0.05, 0.1) is 23.3 Å². The third kappa shape index (κ3) is 5.35. The molecule has 1 N–H and O–H groups in total. The number of nitrogens with zero attached hydrogens (tertiary/aromatic N) is 2. The Hall–Kier alpha value is -3.27. The highest BCUT2D eigenvalue weighted by Crippen LogP contribution is 2.37. The van der Waals surface area contributed by atoms with E-state index in [1.807, 2.05) is 0 Å². The quantitative estimate of drug-likeness (QED) is 0.435. The minimum absolute atomic E-state index is 0.0395. The smallest absolute Gasteiger partial charge is 0.387 e. The van der Waals surface area contributed by atoms with Crippen LogP contribution in [0.25, 0.3) is 0 Å². The number of alkyl halides is 2. The molecule has 0 fully saturated rings. The summed E-state index contributed by atoms with van der Waals surface area (Å²) in [5.74, 6) is -1.05. The highest BCUT2D eigenvalue weighted by molar-refractivity contribution is 6.32. The van der Waals surface area contributed by atoms with Crippen LogP contribution in [0.15, 0.2) is 41.5 Å². The van der Waals surface area contributed by atoms with E-state index in [1.165, 1.54) is 43.7 Å². The van der Waals surface area contributed by atoms with Crippen LogP contribution in [0.2, 0.25) is 5.02 Å². The first-order valence-corrected chi connectivity index (χ1v) is 7.60. The van der Waals surface area contributed by atoms with Crippen molar-refractivity contribution in [2.75, 3.05) is 7.11 Å². The second kappa shape index (κ2) is 8.90. The third-order valence-electron chi connectivity index (χ3n) is 3.16. The topological polar surface area (TPSA) is 103 Å². The number of nitro benzene ring substituents is 1. The molecule has 2 rings (SSSR count). The number of nitrogens with one attached hydrogen (secondary N) is 1. The molecule has 0 unspecified atom stereocenters. The second-order valence-corrected chi connectivity index (χ2v) is 5.33. The number of hydrogen-bond donors (Lipinski definition) is 1. The maximum Gasteiger partial charge on any atom is 0.387 e. The monoisotopic (exact) mass is 399 g/mol. The zero-order valence-corrected chi connectivity index (χ0v) is 14.4. The molecule has 0 atom stereocenters. The molecule has 2 aromatic carbocycles. The first-order chi connectivity index (χ1) is 12.8. The number of benzene rings is 2. The van der Waals surface area contributed by atoms with Crippen molar-refractivity contribution in [1.29, 1.82) is 0 Å². The highest BCUT2D eigenvalue weighted by atomic mass is 35.5. The van der Waals surface area contributed by atoms with E-state index in [-0.39, 0.29) is 27.8 Å². The molecular weight excluding hydrogens is 388 g/mol. The molecule has 27 heavy (non-hydrogen) atoms. The van der Waals surface area contributed by atoms with Crippen molar-refractivity contribution in [3.63, 3.8) is 0 Å². The van der Waals surface area contributed by atoms with Gasteiger partial charge in [0.2, 0.25) is 0 Å². The predicted molar refractivity (Wildman–Crippen MR) is 92.8 cm³/mol. The number of rotatable bonds is 7. The van der Waals surface area contributed by atoms with E-state index >= 15 is 0 Å². The van der Waals surface area contributed by atoms with Crippen LogP contribution >= 0.6 is 11.6 Å². The van der Waals surface area contributed by atoms with Gasteiger partial charge in [-0.15, -0.1) is 0 Å². The van der Waals surface area contributed by atoms with Gasteiger partial charge in [-0.1, -0.05) is 17.7 Å². The lowest BCUT2D eigenvalue weighted by Crippen LogP contribution is -2.17. The van der Waals surface area contributed by atoms with Crippen molar-refractivity contribution in [3.8, 4) is 11.5 Å². The molecule has 0 heterocycles. The standard InChI is InChI=1S/C16H12ClF2N3O5/c1-26-13-6-9(5-12(17)14(13)27-16(18)19)8-20-21-15(23)10-3-2-4-11(7-10)22(24)25/h2-8,16H,1H3,(H,21,23)/b20-8-. The number of nitro groups is 1. The molecule has 0 bridgehead atoms. The molecule has 0 aromatic heterocycles. The van der Waals surface area contributed by atoms with Crippen molar-refractivity contribution in [2.45, 2.75) is 6.61 Å². The van der Waals surface area contributed by atoms with Crippen molar-refractivity contribution in [2.24, 2.45) is 5.10 Å². The average molecular weight is 400 g/mol. The summed E-state index contributed by atoms with van der Waals surface area (Å²) in [5, 5.41) is 14.3. The van der Waals surface area contributed by atoms with Crippen LogP contribution in [-0.2, 0) is 0 Å². The molecule has 2 aromatic rings. The molecule has 0 aliphatic carbocycles. The third-order valence-corrected chi connectivity index (χ3v) is 3.44. The van der Waals surface area contributed by atoms with E-state index < -0.39 is 17.4 Å². The Balaban J connectivity index is 2.14. The molecular formula is C16H12ClF2N3O5. The van der Waals surface area contributed by atoms with Gasteiger partial charge in [-0.25, -0.2) is 5.43 Å². The summed E-state index contributed by atoms with van der Waals surface area (Å²) >= 11 is 5.89. The predicted octanol–water partition coefficient (Wildman–Crippen LogP) is 3.62. The molecule has 0 aliphatic heterocycles. The number of methoxy groups -OCH3 is 1. The lowest BCUT2D eigenvalue weighted by atomic mass is 10.2. The van der Waals surface area contributed by atoms with Crippen molar-refractivity contribution < 1.29 is 28.0 Å². The maximum absolute atomic E-state index is 12.4. The molecule has 0 saturated heterocycles. The van der Waals surface area contributed by atoms with Gasteiger partial charge in [0.1, 0.15) is 0 Å². The fraction of sp³-hybridized carbons (Fsp3) is 0.125. The van der Waals surface area contributed by atoms with Gasteiger partial charge in [-0.3, -0.25) is 14.9 Å². The largest absolute Gasteiger partial charge is 0.493 e. The van der Waals surface area contributed by atoms with E-state index in [1.54, 1.807) is 0 Å². The second-order valence-electron chi connectivity index (χ2n) is 4.92. The van der Waals surface area contributed by atoms with Crippen molar-refractivity contribution in [3.05, 3.63) is 62.7 Å². The fourth-order valence-corrected chi connectivity index (χ4v) is 2.27. The number of amides is 1. The summed E-state index contributed by atoms with van der Waals surface area (Å²) < 4.78 is 34.0. The van der Waals surface area contributed by atoms with Crippen LogP contribution in [-0.4, -0.2) is 30.8 Å². The Morgan fingerprint density at radius 1 is 1.37 bits per heavy atom. The fourth-order valence-electron chi connectivity index (χ4n) is 2.01. The van der Waals surface area contributed by atoms with E-state index in [0.29, 0.717) is 5.56 Å². The first-order valence-electron chi connectivity index (χ1n) is 7.22. The number of hydrogen-bond acceptors (Lipinski definition) is 6. The molecule has 0 saturated carbocycles. The first kappa shape index (κ1) is 20.0. The molecule has 0 aliphatic rings. The van der Waals surface area contributed by atoms with Gasteiger partial charge >= 0.3 is 6.61 Å². The van der Waals surface area contributed by atoms with Gasteiger partial charge in [0, 0.05) is 17.7 Å². The lowest BCUT2D eigenvalue weighted by Gasteiger charge is -2.12. The Kier molecular flexibility index (Phi) is 6.61. The molecule has 0 radical (unpaired) electrons.